The van der Waals surface area contributed by atoms with Crippen LogP contribution in [0.4, 0.5) is 5.13 Å². The lowest BCUT2D eigenvalue weighted by molar-refractivity contribution is 0.418. The summed E-state index contributed by atoms with van der Waals surface area (Å²) >= 11 is 1.89. The highest BCUT2D eigenvalue weighted by molar-refractivity contribution is 7.15. The maximum Gasteiger partial charge on any atom is 0.185 e. The second-order valence-corrected chi connectivity index (χ2v) is 8.13. The van der Waals surface area contributed by atoms with Crippen LogP contribution in [0.15, 0.2) is 0 Å². The minimum absolute atomic E-state index is 0.306. The molecule has 20 heavy (non-hydrogen) atoms. The Balaban J connectivity index is 2.12. The normalized spacial score (nSPS) is 18.9. The first-order valence-electron chi connectivity index (χ1n) is 7.85. The Hall–Kier alpha value is -0.610. The molecule has 1 unspecified atom stereocenters. The molecule has 0 aliphatic heterocycles. The van der Waals surface area contributed by atoms with Gasteiger partial charge in [0.25, 0.3) is 0 Å². The molecule has 1 aromatic rings. The number of nitrogens with zero attached hydrogens (tertiary/aromatic N) is 2. The first kappa shape index (κ1) is 15.8. The first-order chi connectivity index (χ1) is 9.40. The lowest BCUT2D eigenvalue weighted by atomic mass is 9.96. The third kappa shape index (κ3) is 3.95. The number of fused-ring (bicyclic) bond motifs is 1. The number of hydrogen-bond acceptors (Lipinski definition) is 4. The highest BCUT2D eigenvalue weighted by Crippen LogP contribution is 2.37. The summed E-state index contributed by atoms with van der Waals surface area (Å²) in [5.74, 6) is 0. The molecular formula is C16H29N3S. The van der Waals surface area contributed by atoms with Crippen molar-refractivity contribution in [2.75, 3.05) is 25.0 Å². The molecular weight excluding hydrogens is 266 g/mol. The van der Waals surface area contributed by atoms with Crippen molar-refractivity contribution in [1.82, 2.24) is 10.3 Å². The molecule has 0 bridgehead atoms. The Labute approximate surface area is 127 Å². The fraction of sp³-hybridized carbons (Fsp3) is 0.812. The van der Waals surface area contributed by atoms with E-state index in [0.717, 1.165) is 19.5 Å². The number of hydrogen-bond donors (Lipinski definition) is 1. The van der Waals surface area contributed by atoms with Crippen molar-refractivity contribution in [3.05, 3.63) is 10.6 Å². The third-order valence-electron chi connectivity index (χ3n) is 3.62. The van der Waals surface area contributed by atoms with E-state index in [-0.39, 0.29) is 0 Å². The number of rotatable bonds is 5. The highest BCUT2D eigenvalue weighted by Gasteiger charge is 2.26. The summed E-state index contributed by atoms with van der Waals surface area (Å²) in [5.41, 5.74) is 1.64. The van der Waals surface area contributed by atoms with Gasteiger partial charge in [-0.15, -0.1) is 0 Å². The standard InChI is InChI=1S/C16H29N3S/c1-6-10-17-12-8-7-9-13-14(12)20-15(18-13)19(5)11-16(2,3)4/h12,17H,6-11H2,1-5H3. The molecule has 0 aromatic carbocycles. The van der Waals surface area contributed by atoms with Crippen molar-refractivity contribution in [1.29, 1.82) is 0 Å². The zero-order valence-electron chi connectivity index (χ0n) is 13.6. The van der Waals surface area contributed by atoms with E-state index in [4.69, 9.17) is 4.98 Å². The van der Waals surface area contributed by atoms with Gasteiger partial charge in [0.1, 0.15) is 0 Å². The van der Waals surface area contributed by atoms with Gasteiger partial charge in [0.15, 0.2) is 5.13 Å². The maximum atomic E-state index is 4.90. The van der Waals surface area contributed by atoms with Crippen molar-refractivity contribution >= 4 is 16.5 Å². The molecule has 4 heteroatoms. The molecule has 1 N–H and O–H groups in total. The van der Waals surface area contributed by atoms with Crippen molar-refractivity contribution < 1.29 is 0 Å². The number of anilines is 1. The van der Waals surface area contributed by atoms with Crippen LogP contribution in [-0.2, 0) is 6.42 Å². The zero-order valence-corrected chi connectivity index (χ0v) is 14.4. The Morgan fingerprint density at radius 1 is 1.40 bits per heavy atom. The Bertz CT molecular complexity index is 433. The van der Waals surface area contributed by atoms with Crippen LogP contribution >= 0.6 is 11.3 Å². The fourth-order valence-electron chi connectivity index (χ4n) is 2.86. The van der Waals surface area contributed by atoms with Gasteiger partial charge in [-0.3, -0.25) is 0 Å². The molecule has 2 rings (SSSR count). The lowest BCUT2D eigenvalue weighted by Crippen LogP contribution is -2.28. The monoisotopic (exact) mass is 295 g/mol. The van der Waals surface area contributed by atoms with Crippen molar-refractivity contribution in [3.63, 3.8) is 0 Å². The number of aryl methyl sites for hydroxylation is 1. The van der Waals surface area contributed by atoms with E-state index >= 15 is 0 Å². The topological polar surface area (TPSA) is 28.2 Å². The molecule has 0 fully saturated rings. The van der Waals surface area contributed by atoms with Gasteiger partial charge in [-0.05, 0) is 37.6 Å². The molecule has 114 valence electrons. The summed E-state index contributed by atoms with van der Waals surface area (Å²) in [6, 6.07) is 0.535. The average Bonchev–Trinajstić information content (AvgIpc) is 2.78. The second kappa shape index (κ2) is 6.44. The smallest absolute Gasteiger partial charge is 0.185 e. The summed E-state index contributed by atoms with van der Waals surface area (Å²) in [6.07, 6.45) is 4.87. The summed E-state index contributed by atoms with van der Waals surface area (Å²) in [7, 11) is 2.17. The van der Waals surface area contributed by atoms with Crippen LogP contribution in [-0.4, -0.2) is 25.1 Å². The molecule has 1 aromatic heterocycles. The molecule has 0 amide bonds. The molecule has 0 spiro atoms. The molecule has 0 radical (unpaired) electrons. The van der Waals surface area contributed by atoms with E-state index in [9.17, 15) is 0 Å². The number of aromatic nitrogens is 1. The Morgan fingerprint density at radius 3 is 2.80 bits per heavy atom. The predicted molar refractivity (Wildman–Crippen MR) is 88.8 cm³/mol. The van der Waals surface area contributed by atoms with Gasteiger partial charge in [0.2, 0.25) is 0 Å². The molecule has 1 heterocycles. The number of thiazole rings is 1. The van der Waals surface area contributed by atoms with Gasteiger partial charge >= 0.3 is 0 Å². The Kier molecular flexibility index (Phi) is 5.08. The predicted octanol–water partition coefficient (Wildman–Crippen LogP) is 4.00. The van der Waals surface area contributed by atoms with Gasteiger partial charge in [-0.1, -0.05) is 39.0 Å². The summed E-state index contributed by atoms with van der Waals surface area (Å²) in [6.45, 7) is 11.2. The van der Waals surface area contributed by atoms with Crippen LogP contribution in [0.5, 0.6) is 0 Å². The van der Waals surface area contributed by atoms with Crippen LogP contribution in [0, 0.1) is 5.41 Å². The van der Waals surface area contributed by atoms with E-state index in [0.29, 0.717) is 11.5 Å². The van der Waals surface area contributed by atoms with Crippen LogP contribution in [0.1, 0.15) is 63.6 Å². The summed E-state index contributed by atoms with van der Waals surface area (Å²) < 4.78 is 0. The van der Waals surface area contributed by atoms with Gasteiger partial charge < -0.3 is 10.2 Å². The van der Waals surface area contributed by atoms with E-state index < -0.39 is 0 Å². The molecule has 1 atom stereocenters. The van der Waals surface area contributed by atoms with Crippen LogP contribution in [0.2, 0.25) is 0 Å². The summed E-state index contributed by atoms with van der Waals surface area (Å²) in [5, 5.41) is 4.87. The zero-order chi connectivity index (χ0) is 14.8. The van der Waals surface area contributed by atoms with Crippen molar-refractivity contribution in [2.45, 2.75) is 59.4 Å². The van der Waals surface area contributed by atoms with Crippen molar-refractivity contribution in [2.24, 2.45) is 5.41 Å². The largest absolute Gasteiger partial charge is 0.351 e. The minimum Gasteiger partial charge on any atom is -0.351 e. The molecule has 0 saturated heterocycles. The van der Waals surface area contributed by atoms with E-state index in [1.165, 1.54) is 35.0 Å². The van der Waals surface area contributed by atoms with Gasteiger partial charge in [-0.25, -0.2) is 4.98 Å². The third-order valence-corrected chi connectivity index (χ3v) is 4.94. The number of nitrogens with one attached hydrogen (secondary N) is 1. The molecule has 1 aliphatic rings. The molecule has 1 aliphatic carbocycles. The van der Waals surface area contributed by atoms with Gasteiger partial charge in [0.05, 0.1) is 5.69 Å². The molecule has 0 saturated carbocycles. The van der Waals surface area contributed by atoms with E-state index in [2.05, 4.69) is 45.0 Å². The van der Waals surface area contributed by atoms with E-state index in [1.807, 2.05) is 11.3 Å². The second-order valence-electron chi connectivity index (χ2n) is 7.12. The lowest BCUT2D eigenvalue weighted by Gasteiger charge is -2.26. The average molecular weight is 295 g/mol. The first-order valence-corrected chi connectivity index (χ1v) is 8.66. The quantitative estimate of drug-likeness (QED) is 0.890. The highest BCUT2D eigenvalue weighted by atomic mass is 32.1. The SMILES string of the molecule is CCCNC1CCCc2nc(N(C)CC(C)(C)C)sc21. The van der Waals surface area contributed by atoms with Crippen LogP contribution in [0.3, 0.4) is 0 Å². The fourth-order valence-corrected chi connectivity index (χ4v) is 4.04. The van der Waals surface area contributed by atoms with Crippen molar-refractivity contribution in [3.8, 4) is 0 Å². The van der Waals surface area contributed by atoms with Crippen LogP contribution in [0.25, 0.3) is 0 Å². The molecule has 3 nitrogen and oxygen atoms in total. The van der Waals surface area contributed by atoms with E-state index in [1.54, 1.807) is 0 Å². The van der Waals surface area contributed by atoms with Crippen LogP contribution < -0.4 is 10.2 Å². The minimum atomic E-state index is 0.306. The van der Waals surface area contributed by atoms with Gasteiger partial charge in [0, 0.05) is 24.5 Å². The summed E-state index contributed by atoms with van der Waals surface area (Å²) in [4.78, 5) is 8.70. The Morgan fingerprint density at radius 2 is 2.15 bits per heavy atom. The van der Waals surface area contributed by atoms with Gasteiger partial charge in [-0.2, -0.15) is 0 Å². The maximum absolute atomic E-state index is 4.90.